The summed E-state index contributed by atoms with van der Waals surface area (Å²) in [6.45, 7) is 6.00. The van der Waals surface area contributed by atoms with Crippen molar-refractivity contribution in [3.8, 4) is 11.1 Å². The number of aromatic nitrogens is 1. The first kappa shape index (κ1) is 14.9. The molecule has 120 valence electrons. The van der Waals surface area contributed by atoms with E-state index < -0.39 is 0 Å². The first-order chi connectivity index (χ1) is 11.6. The number of hydrogen-bond donors (Lipinski definition) is 1. The van der Waals surface area contributed by atoms with Gasteiger partial charge in [-0.1, -0.05) is 30.8 Å². The van der Waals surface area contributed by atoms with Gasteiger partial charge in [-0.15, -0.1) is 0 Å². The molecule has 1 fully saturated rings. The number of fused-ring (bicyclic) bond motifs is 1. The van der Waals surface area contributed by atoms with Crippen molar-refractivity contribution in [3.63, 3.8) is 0 Å². The van der Waals surface area contributed by atoms with Crippen LogP contribution < -0.4 is 5.32 Å². The van der Waals surface area contributed by atoms with Gasteiger partial charge in [0.15, 0.2) is 0 Å². The van der Waals surface area contributed by atoms with Gasteiger partial charge in [-0.2, -0.15) is 0 Å². The van der Waals surface area contributed by atoms with Gasteiger partial charge in [-0.05, 0) is 60.4 Å². The van der Waals surface area contributed by atoms with Crippen LogP contribution in [0.1, 0.15) is 18.4 Å². The number of rotatable bonds is 4. The van der Waals surface area contributed by atoms with E-state index in [2.05, 4.69) is 16.9 Å². The smallest absolute Gasteiger partial charge is 0.131 e. The van der Waals surface area contributed by atoms with Gasteiger partial charge < -0.3 is 5.32 Å². The van der Waals surface area contributed by atoms with Crippen LogP contribution in [0.25, 0.3) is 21.9 Å². The third-order valence-electron chi connectivity index (χ3n) is 4.59. The number of nitrogens with one attached hydrogen (secondary N) is 1. The van der Waals surface area contributed by atoms with Crippen LogP contribution in [0.15, 0.2) is 60.9 Å². The molecule has 1 aliphatic rings. The second-order valence-electron chi connectivity index (χ2n) is 6.49. The number of hydrogen-bond acceptors (Lipinski definition) is 2. The zero-order valence-electron chi connectivity index (χ0n) is 13.6. The van der Waals surface area contributed by atoms with Gasteiger partial charge in [0.25, 0.3) is 0 Å². The molecule has 0 spiro atoms. The molecule has 3 heteroatoms. The van der Waals surface area contributed by atoms with E-state index in [0.29, 0.717) is 11.5 Å². The van der Waals surface area contributed by atoms with Crippen molar-refractivity contribution in [2.24, 2.45) is 5.92 Å². The Balaban J connectivity index is 1.70. The first-order valence-corrected chi connectivity index (χ1v) is 8.23. The highest BCUT2D eigenvalue weighted by Gasteiger charge is 2.24. The Bertz CT molecular complexity index is 921. The molecule has 0 atom stereocenters. The third-order valence-corrected chi connectivity index (χ3v) is 4.59. The van der Waals surface area contributed by atoms with E-state index in [0.717, 1.165) is 33.4 Å². The van der Waals surface area contributed by atoms with E-state index in [9.17, 15) is 4.39 Å². The molecule has 1 aromatic heterocycles. The van der Waals surface area contributed by atoms with Crippen LogP contribution in [0.2, 0.25) is 0 Å². The maximum absolute atomic E-state index is 14.2. The van der Waals surface area contributed by atoms with Gasteiger partial charge in [0.2, 0.25) is 0 Å². The van der Waals surface area contributed by atoms with E-state index in [1.54, 1.807) is 6.07 Å². The summed E-state index contributed by atoms with van der Waals surface area (Å²) in [5.74, 6) is 1.21. The van der Waals surface area contributed by atoms with E-state index in [1.165, 1.54) is 18.9 Å². The van der Waals surface area contributed by atoms with Crippen molar-refractivity contribution in [3.05, 3.63) is 72.3 Å². The zero-order chi connectivity index (χ0) is 16.7. The minimum Gasteiger partial charge on any atom is -0.344 e. The number of aryl methyl sites for hydroxylation is 1. The summed E-state index contributed by atoms with van der Waals surface area (Å²) in [7, 11) is 0. The van der Waals surface area contributed by atoms with Gasteiger partial charge in [0, 0.05) is 22.8 Å². The maximum Gasteiger partial charge on any atom is 0.131 e. The van der Waals surface area contributed by atoms with Gasteiger partial charge in [-0.3, -0.25) is 0 Å². The Morgan fingerprint density at radius 2 is 2.00 bits per heavy atom. The standard InChI is InChI=1S/C21H19FN2/c1-13-4-3-5-19(22)21(13)17-9-8-16-11-20(23-12-18(16)10-17)24-14(2)15-6-7-15/h3-5,8-12,15H,2,6-7H2,1H3,(H,23,24). The molecule has 0 amide bonds. The molecule has 0 radical (unpaired) electrons. The lowest BCUT2D eigenvalue weighted by Crippen LogP contribution is -2.01. The van der Waals surface area contributed by atoms with Gasteiger partial charge in [0.05, 0.1) is 0 Å². The number of halogens is 1. The lowest BCUT2D eigenvalue weighted by atomic mass is 9.98. The number of anilines is 1. The highest BCUT2D eigenvalue weighted by Crippen LogP contribution is 2.36. The summed E-state index contributed by atoms with van der Waals surface area (Å²) in [5, 5.41) is 5.37. The summed E-state index contributed by atoms with van der Waals surface area (Å²) < 4.78 is 14.2. The Hall–Kier alpha value is -2.68. The summed E-state index contributed by atoms with van der Waals surface area (Å²) in [6.07, 6.45) is 4.26. The average Bonchev–Trinajstić information content (AvgIpc) is 3.39. The normalized spacial score (nSPS) is 13.9. The van der Waals surface area contributed by atoms with Crippen LogP contribution >= 0.6 is 0 Å². The Labute approximate surface area is 141 Å². The zero-order valence-corrected chi connectivity index (χ0v) is 13.6. The minimum absolute atomic E-state index is 0.193. The van der Waals surface area contributed by atoms with Crippen molar-refractivity contribution in [1.29, 1.82) is 0 Å². The molecule has 1 aliphatic carbocycles. The number of allylic oxidation sites excluding steroid dienone is 1. The number of benzene rings is 2. The summed E-state index contributed by atoms with van der Waals surface area (Å²) in [5.41, 5.74) is 3.51. The quantitative estimate of drug-likeness (QED) is 0.669. The van der Waals surface area contributed by atoms with Gasteiger partial charge in [0.1, 0.15) is 11.6 Å². The average molecular weight is 318 g/mol. The van der Waals surface area contributed by atoms with Crippen molar-refractivity contribution in [2.45, 2.75) is 19.8 Å². The maximum atomic E-state index is 14.2. The van der Waals surface area contributed by atoms with E-state index in [-0.39, 0.29) is 5.82 Å². The molecule has 4 rings (SSSR count). The van der Waals surface area contributed by atoms with Gasteiger partial charge >= 0.3 is 0 Å². The fourth-order valence-electron chi connectivity index (χ4n) is 3.06. The van der Waals surface area contributed by atoms with Crippen LogP contribution in [0.3, 0.4) is 0 Å². The van der Waals surface area contributed by atoms with E-state index in [1.807, 2.05) is 43.5 Å². The summed E-state index contributed by atoms with van der Waals surface area (Å²) in [4.78, 5) is 4.47. The van der Waals surface area contributed by atoms with Crippen molar-refractivity contribution >= 4 is 16.6 Å². The Morgan fingerprint density at radius 1 is 1.17 bits per heavy atom. The van der Waals surface area contributed by atoms with Crippen molar-refractivity contribution < 1.29 is 4.39 Å². The monoisotopic (exact) mass is 318 g/mol. The van der Waals surface area contributed by atoms with Gasteiger partial charge in [-0.25, -0.2) is 9.37 Å². The largest absolute Gasteiger partial charge is 0.344 e. The second kappa shape index (κ2) is 5.75. The minimum atomic E-state index is -0.193. The predicted octanol–water partition coefficient (Wildman–Crippen LogP) is 5.68. The lowest BCUT2D eigenvalue weighted by molar-refractivity contribution is 0.630. The summed E-state index contributed by atoms with van der Waals surface area (Å²) >= 11 is 0. The first-order valence-electron chi connectivity index (χ1n) is 8.23. The van der Waals surface area contributed by atoms with E-state index >= 15 is 0 Å². The molecule has 0 bridgehead atoms. The molecule has 0 saturated heterocycles. The fraction of sp³-hybridized carbons (Fsp3) is 0.190. The molecular weight excluding hydrogens is 299 g/mol. The summed E-state index contributed by atoms with van der Waals surface area (Å²) in [6, 6.07) is 13.2. The predicted molar refractivity (Wildman–Crippen MR) is 97.4 cm³/mol. The molecule has 1 saturated carbocycles. The SMILES string of the molecule is C=C(Nc1cc2ccc(-c3c(C)cccc3F)cc2cn1)C1CC1. The molecule has 1 heterocycles. The van der Waals surface area contributed by atoms with Crippen molar-refractivity contribution in [1.82, 2.24) is 4.98 Å². The molecule has 2 aromatic carbocycles. The fourth-order valence-corrected chi connectivity index (χ4v) is 3.06. The Kier molecular flexibility index (Phi) is 3.57. The molecule has 3 aromatic rings. The Morgan fingerprint density at radius 3 is 2.75 bits per heavy atom. The highest BCUT2D eigenvalue weighted by molar-refractivity contribution is 5.89. The van der Waals surface area contributed by atoms with Crippen LogP contribution in [-0.4, -0.2) is 4.98 Å². The molecule has 24 heavy (non-hydrogen) atoms. The molecule has 2 nitrogen and oxygen atoms in total. The number of nitrogens with zero attached hydrogens (tertiary/aromatic N) is 1. The van der Waals surface area contributed by atoms with Crippen molar-refractivity contribution in [2.75, 3.05) is 5.32 Å². The topological polar surface area (TPSA) is 24.9 Å². The van der Waals surface area contributed by atoms with Crippen LogP contribution in [0.4, 0.5) is 10.2 Å². The highest BCUT2D eigenvalue weighted by atomic mass is 19.1. The third kappa shape index (κ3) is 2.78. The second-order valence-corrected chi connectivity index (χ2v) is 6.49. The lowest BCUT2D eigenvalue weighted by Gasteiger charge is -2.11. The van der Waals surface area contributed by atoms with Crippen LogP contribution in [0.5, 0.6) is 0 Å². The molecular formula is C21H19FN2. The molecule has 1 N–H and O–H groups in total. The molecule has 0 unspecified atom stereocenters. The van der Waals surface area contributed by atoms with Crippen LogP contribution in [0, 0.1) is 18.7 Å². The van der Waals surface area contributed by atoms with E-state index in [4.69, 9.17) is 0 Å². The van der Waals surface area contributed by atoms with Crippen LogP contribution in [-0.2, 0) is 0 Å². The molecule has 0 aliphatic heterocycles. The number of pyridine rings is 1.